The van der Waals surface area contributed by atoms with E-state index in [1.807, 2.05) is 14.2 Å². The normalized spacial score (nSPS) is 22.6. The average Bonchev–Trinajstić information content (AvgIpc) is 2.79. The van der Waals surface area contributed by atoms with Gasteiger partial charge in [0.2, 0.25) is 5.78 Å². The molecule has 1 aromatic heterocycles. The van der Waals surface area contributed by atoms with Crippen LogP contribution in [0.4, 0.5) is 4.39 Å². The highest BCUT2D eigenvalue weighted by Gasteiger charge is 2.41. The molecule has 0 fully saturated rings. The van der Waals surface area contributed by atoms with E-state index in [4.69, 9.17) is 0 Å². The van der Waals surface area contributed by atoms with Crippen molar-refractivity contribution in [3.63, 3.8) is 0 Å². The number of carbonyl (C=O) groups excluding carboxylic acids is 1. The van der Waals surface area contributed by atoms with Crippen LogP contribution in [0.15, 0.2) is 30.0 Å². The van der Waals surface area contributed by atoms with Crippen molar-refractivity contribution >= 4 is 73.3 Å². The van der Waals surface area contributed by atoms with Crippen LogP contribution in [-0.4, -0.2) is 19.3 Å². The van der Waals surface area contributed by atoms with Crippen LogP contribution in [0.2, 0.25) is 0 Å². The summed E-state index contributed by atoms with van der Waals surface area (Å²) < 4.78 is 20.4. The largest absolute Gasteiger partial charge is 0.290 e. The van der Waals surface area contributed by atoms with Gasteiger partial charge in [-0.15, -0.1) is 0 Å². The number of ketones is 1. The van der Waals surface area contributed by atoms with Crippen LogP contribution in [0.5, 0.6) is 0 Å². The Hall–Kier alpha value is -0.740. The Kier molecular flexibility index (Phi) is 3.46. The highest BCUT2D eigenvalue weighted by atomic mass is 127. The highest BCUT2D eigenvalue weighted by Crippen LogP contribution is 2.36. The molecule has 0 N–H and O–H groups in total. The summed E-state index contributed by atoms with van der Waals surface area (Å²) in [4.78, 5) is 29.6. The van der Waals surface area contributed by atoms with Crippen molar-refractivity contribution in [3.8, 4) is 0 Å². The molecule has 1 aromatic carbocycles. The number of rotatable bonds is 0. The van der Waals surface area contributed by atoms with Gasteiger partial charge in [-0.1, -0.05) is 26.8 Å². The van der Waals surface area contributed by atoms with Crippen molar-refractivity contribution in [2.45, 2.75) is 6.04 Å². The number of Topliss-reactive ketones (excluding diaryl/α,β-unsaturated/α-hetero) is 1. The maximum atomic E-state index is 14.4. The van der Waals surface area contributed by atoms with Gasteiger partial charge in [-0.3, -0.25) is 14.2 Å². The number of allylic oxidation sites excluding steroid dienone is 1. The Balaban J connectivity index is 2.17. The number of nitrogens with zero attached hydrogens (tertiary/aromatic N) is 2. The van der Waals surface area contributed by atoms with Gasteiger partial charge in [0.15, 0.2) is 11.6 Å². The summed E-state index contributed by atoms with van der Waals surface area (Å²) in [6.07, 6.45) is 1.87. The van der Waals surface area contributed by atoms with E-state index in [-0.39, 0.29) is 59.7 Å². The molecule has 2 aliphatic rings. The Morgan fingerprint density at radius 1 is 1.27 bits per heavy atom. The maximum Gasteiger partial charge on any atom is 0.265 e. The summed E-state index contributed by atoms with van der Waals surface area (Å²) in [6.45, 7) is 0. The van der Waals surface area contributed by atoms with Crippen LogP contribution in [0, 0.1) is 11.7 Å². The second kappa shape index (κ2) is 5.13. The van der Waals surface area contributed by atoms with Gasteiger partial charge in [0, 0.05) is 4.47 Å². The van der Waals surface area contributed by atoms with Gasteiger partial charge in [-0.2, -0.15) is 0 Å². The molecule has 3 heterocycles. The Labute approximate surface area is 150 Å². The molecule has 4 rings (SSSR count). The maximum absolute atomic E-state index is 14.4. The molecule has 0 saturated heterocycles. The minimum absolute atomic E-state index is 0.105. The third-order valence-electron chi connectivity index (χ3n) is 3.76. The van der Waals surface area contributed by atoms with E-state index in [0.29, 0.717) is 4.47 Å². The lowest BCUT2D eigenvalue weighted by atomic mass is 10.0. The standard InChI is InChI=1S/C14H6Br2FIN2O2/c15-6-3-7(16)11-9(10(6)17)14(22)20-8-1-2-18-4-5(8)12(21)13(20)19-11/h1-5,8H. The monoisotopic (exact) mass is 538 g/mol. The van der Waals surface area contributed by atoms with E-state index in [9.17, 15) is 14.0 Å². The fourth-order valence-corrected chi connectivity index (χ4v) is 6.11. The minimum atomic E-state index is -0.655. The molecule has 22 heavy (non-hydrogen) atoms. The Morgan fingerprint density at radius 3 is 2.82 bits per heavy atom. The minimum Gasteiger partial charge on any atom is -0.290 e. The van der Waals surface area contributed by atoms with Crippen molar-refractivity contribution in [1.82, 2.24) is 9.55 Å². The lowest BCUT2D eigenvalue weighted by molar-refractivity contribution is 0.0963. The molecular weight excluding hydrogens is 534 g/mol. The predicted octanol–water partition coefficient (Wildman–Crippen LogP) is 3.71. The van der Waals surface area contributed by atoms with Crippen molar-refractivity contribution in [2.75, 3.05) is 0 Å². The number of benzene rings is 1. The van der Waals surface area contributed by atoms with Crippen molar-refractivity contribution in [2.24, 2.45) is 5.92 Å². The summed E-state index contributed by atoms with van der Waals surface area (Å²) in [5, 5.41) is -0.105. The molecule has 0 spiro atoms. The van der Waals surface area contributed by atoms with E-state index in [2.05, 4.69) is 36.8 Å². The molecule has 2 aliphatic heterocycles. The van der Waals surface area contributed by atoms with Gasteiger partial charge in [0.25, 0.3) is 5.56 Å². The first kappa shape index (κ1) is 14.8. The fraction of sp³-hybridized carbons (Fsp3) is 0.143. The molecular formula is C14H6Br2FIN2O2. The molecule has 0 radical (unpaired) electrons. The fourth-order valence-electron chi connectivity index (χ4n) is 2.76. The number of aromatic nitrogens is 2. The van der Waals surface area contributed by atoms with Crippen molar-refractivity contribution in [1.29, 1.82) is 0 Å². The van der Waals surface area contributed by atoms with Crippen LogP contribution in [0.1, 0.15) is 16.7 Å². The second-order valence-corrected chi connectivity index (χ2v) is 8.81. The first-order valence-corrected chi connectivity index (χ1v) is 10.3. The molecule has 112 valence electrons. The zero-order chi connectivity index (χ0) is 15.6. The number of carbonyl (C=O) groups is 1. The molecule has 2 unspecified atom stereocenters. The van der Waals surface area contributed by atoms with Crippen molar-refractivity contribution < 1.29 is 9.18 Å². The first-order valence-electron chi connectivity index (χ1n) is 6.26. The topological polar surface area (TPSA) is 52.0 Å². The molecule has 2 aromatic rings. The smallest absolute Gasteiger partial charge is 0.265 e. The molecule has 0 aliphatic carbocycles. The van der Waals surface area contributed by atoms with Gasteiger partial charge < -0.3 is 0 Å². The molecule has 0 saturated carbocycles. The van der Waals surface area contributed by atoms with E-state index >= 15 is 0 Å². The van der Waals surface area contributed by atoms with Gasteiger partial charge >= 0.3 is 0 Å². The quantitative estimate of drug-likeness (QED) is 0.379. The number of hydrogen-bond donors (Lipinski definition) is 0. The van der Waals surface area contributed by atoms with Crippen molar-refractivity contribution in [3.05, 3.63) is 47.2 Å². The molecule has 2 atom stereocenters. The van der Waals surface area contributed by atoms with Gasteiger partial charge in [-0.05, 0) is 46.0 Å². The van der Waals surface area contributed by atoms with Crippen LogP contribution in [0.25, 0.3) is 10.9 Å². The molecule has 0 bridgehead atoms. The van der Waals surface area contributed by atoms with Gasteiger partial charge in [-0.25, -0.2) is 9.37 Å². The summed E-state index contributed by atoms with van der Waals surface area (Å²) in [5.74, 6) is -1.05. The third-order valence-corrected chi connectivity index (χ3v) is 6.97. The zero-order valence-corrected chi connectivity index (χ0v) is 16.0. The third kappa shape index (κ3) is 1.89. The van der Waals surface area contributed by atoms with Crippen LogP contribution in [-0.2, 0) is 0 Å². The van der Waals surface area contributed by atoms with Crippen LogP contribution >= 0.6 is 52.6 Å². The number of fused-ring (bicyclic) bond motifs is 4. The first-order chi connectivity index (χ1) is 10.5. The van der Waals surface area contributed by atoms with E-state index in [0.717, 1.165) is 0 Å². The number of halogens is 4. The molecule has 8 heteroatoms. The van der Waals surface area contributed by atoms with E-state index in [1.165, 1.54) is 10.6 Å². The van der Waals surface area contributed by atoms with E-state index < -0.39 is 11.4 Å². The summed E-state index contributed by atoms with van der Waals surface area (Å²) in [6, 6.07) is 1.11. The second-order valence-electron chi connectivity index (χ2n) is 4.94. The van der Waals surface area contributed by atoms with E-state index in [1.54, 1.807) is 0 Å². The Morgan fingerprint density at radius 2 is 2.05 bits per heavy atom. The summed E-state index contributed by atoms with van der Waals surface area (Å²) in [7, 11) is 0. The lowest BCUT2D eigenvalue weighted by Crippen LogP contribution is -2.26. The van der Waals surface area contributed by atoms with Gasteiger partial charge in [0.05, 0.1) is 21.9 Å². The summed E-state index contributed by atoms with van der Waals surface area (Å²) >= 11 is 6.11. The lowest BCUT2D eigenvalue weighted by Gasteiger charge is -2.15. The summed E-state index contributed by atoms with van der Waals surface area (Å²) in [5.41, 5.74) is -0.332. The molecule has 4 nitrogen and oxygen atoms in total. The Bertz CT molecular complexity index is 983. The average molecular weight is 540 g/mol. The van der Waals surface area contributed by atoms with Crippen LogP contribution < -0.4 is 5.56 Å². The highest BCUT2D eigenvalue weighted by molar-refractivity contribution is 14.2. The number of hydrogen-bond acceptors (Lipinski definition) is 3. The van der Waals surface area contributed by atoms with Crippen LogP contribution in [0.3, 0.4) is 0 Å². The van der Waals surface area contributed by atoms with Gasteiger partial charge in [0.1, 0.15) is 5.39 Å². The molecule has 0 amide bonds. The predicted molar refractivity (Wildman–Crippen MR) is 97.4 cm³/mol. The zero-order valence-electron chi connectivity index (χ0n) is 10.7. The SMILES string of the molecule is O=C1c2nc3c(Br)cc(Br)c(F)c3c(=O)n2C2C=CI=CC12.